The fraction of sp³-hybridized carbons (Fsp3) is 0.688. The molecule has 0 aliphatic heterocycles. The molecule has 1 unspecified atom stereocenters. The summed E-state index contributed by atoms with van der Waals surface area (Å²) in [4.78, 5) is 5.85. The monoisotopic (exact) mass is 278 g/mol. The van der Waals surface area contributed by atoms with E-state index in [0.29, 0.717) is 6.04 Å². The fourth-order valence-corrected chi connectivity index (χ4v) is 3.67. The molecule has 0 fully saturated rings. The van der Waals surface area contributed by atoms with Gasteiger partial charge < -0.3 is 5.32 Å². The molecule has 1 atom stereocenters. The van der Waals surface area contributed by atoms with E-state index in [1.54, 1.807) is 16.9 Å². The standard InChI is InChI=1S/C16H26N2S/c1-3-11-17-15(16-13(2)18-12-19-16)14-9-7-5-4-6-8-10-14/h9,12,15,17H,3-8,10-11H2,1-2H3. The highest BCUT2D eigenvalue weighted by Crippen LogP contribution is 2.32. The average Bonchev–Trinajstić information content (AvgIpc) is 2.78. The lowest BCUT2D eigenvalue weighted by Gasteiger charge is -2.23. The minimum Gasteiger partial charge on any atom is -0.306 e. The molecule has 0 bridgehead atoms. The molecule has 106 valence electrons. The van der Waals surface area contributed by atoms with E-state index in [-0.39, 0.29) is 0 Å². The Bertz CT molecular complexity index is 409. The Hall–Kier alpha value is -0.670. The van der Waals surface area contributed by atoms with Gasteiger partial charge >= 0.3 is 0 Å². The average molecular weight is 278 g/mol. The first-order valence-electron chi connectivity index (χ1n) is 7.65. The lowest BCUT2D eigenvalue weighted by Crippen LogP contribution is -2.24. The summed E-state index contributed by atoms with van der Waals surface area (Å²) < 4.78 is 0. The third-order valence-corrected chi connectivity index (χ3v) is 4.84. The van der Waals surface area contributed by atoms with Gasteiger partial charge in [-0.2, -0.15) is 0 Å². The third-order valence-electron chi connectivity index (χ3n) is 3.84. The summed E-state index contributed by atoms with van der Waals surface area (Å²) in [5.41, 5.74) is 4.77. The minimum absolute atomic E-state index is 0.408. The molecule has 2 rings (SSSR count). The lowest BCUT2D eigenvalue weighted by molar-refractivity contribution is 0.543. The van der Waals surface area contributed by atoms with E-state index in [2.05, 4.69) is 30.2 Å². The van der Waals surface area contributed by atoms with Gasteiger partial charge in [-0.15, -0.1) is 11.3 Å². The van der Waals surface area contributed by atoms with Crippen molar-refractivity contribution in [3.05, 3.63) is 27.7 Å². The number of hydrogen-bond acceptors (Lipinski definition) is 3. The van der Waals surface area contributed by atoms with Crippen LogP contribution in [-0.4, -0.2) is 11.5 Å². The van der Waals surface area contributed by atoms with Gasteiger partial charge in [0.25, 0.3) is 0 Å². The quantitative estimate of drug-likeness (QED) is 0.785. The number of thiazole rings is 1. The van der Waals surface area contributed by atoms with E-state index in [1.165, 1.54) is 55.5 Å². The first-order chi connectivity index (χ1) is 9.33. The minimum atomic E-state index is 0.408. The van der Waals surface area contributed by atoms with Crippen LogP contribution in [0.25, 0.3) is 0 Å². The zero-order chi connectivity index (χ0) is 13.5. The van der Waals surface area contributed by atoms with E-state index < -0.39 is 0 Å². The van der Waals surface area contributed by atoms with Crippen LogP contribution >= 0.6 is 11.3 Å². The Morgan fingerprint density at radius 2 is 2.16 bits per heavy atom. The summed E-state index contributed by atoms with van der Waals surface area (Å²) in [6.07, 6.45) is 11.7. The topological polar surface area (TPSA) is 24.9 Å². The number of allylic oxidation sites excluding steroid dienone is 1. The molecular formula is C16H26N2S. The summed E-state index contributed by atoms with van der Waals surface area (Å²) in [5.74, 6) is 0. The maximum atomic E-state index is 4.43. The predicted molar refractivity (Wildman–Crippen MR) is 83.7 cm³/mol. The fourth-order valence-electron chi connectivity index (χ4n) is 2.75. The van der Waals surface area contributed by atoms with Crippen LogP contribution in [0.1, 0.15) is 68.5 Å². The molecule has 1 heterocycles. The van der Waals surface area contributed by atoms with Crippen LogP contribution in [0.3, 0.4) is 0 Å². The van der Waals surface area contributed by atoms with Gasteiger partial charge in [0.2, 0.25) is 0 Å². The van der Waals surface area contributed by atoms with Crippen molar-refractivity contribution in [2.45, 2.75) is 64.8 Å². The Labute approximate surface area is 121 Å². The summed E-state index contributed by atoms with van der Waals surface area (Å²) in [7, 11) is 0. The van der Waals surface area contributed by atoms with Crippen LogP contribution in [0.2, 0.25) is 0 Å². The molecule has 1 N–H and O–H groups in total. The number of rotatable bonds is 5. The molecule has 2 nitrogen and oxygen atoms in total. The number of nitrogens with one attached hydrogen (secondary N) is 1. The van der Waals surface area contributed by atoms with Gasteiger partial charge in [-0.3, -0.25) is 0 Å². The smallest absolute Gasteiger partial charge is 0.0798 e. The Balaban J connectivity index is 2.18. The largest absolute Gasteiger partial charge is 0.306 e. The molecule has 1 aromatic heterocycles. The van der Waals surface area contributed by atoms with Crippen LogP contribution in [0.4, 0.5) is 0 Å². The third kappa shape index (κ3) is 4.15. The predicted octanol–water partition coefficient (Wildman–Crippen LogP) is 4.77. The summed E-state index contributed by atoms with van der Waals surface area (Å²) >= 11 is 1.80. The molecule has 1 aliphatic rings. The molecule has 1 aromatic rings. The maximum Gasteiger partial charge on any atom is 0.0798 e. The molecule has 0 radical (unpaired) electrons. The second-order valence-corrected chi connectivity index (χ2v) is 6.31. The molecule has 1 aliphatic carbocycles. The first kappa shape index (κ1) is 14.7. The highest BCUT2D eigenvalue weighted by molar-refractivity contribution is 7.09. The van der Waals surface area contributed by atoms with Crippen LogP contribution in [-0.2, 0) is 0 Å². The van der Waals surface area contributed by atoms with Crippen LogP contribution in [0.5, 0.6) is 0 Å². The molecule has 0 saturated heterocycles. The summed E-state index contributed by atoms with van der Waals surface area (Å²) in [6, 6.07) is 0.408. The van der Waals surface area contributed by atoms with Gasteiger partial charge in [0.1, 0.15) is 0 Å². The van der Waals surface area contributed by atoms with E-state index in [9.17, 15) is 0 Å². The first-order valence-corrected chi connectivity index (χ1v) is 8.53. The van der Waals surface area contributed by atoms with Crippen molar-refractivity contribution in [2.75, 3.05) is 6.54 Å². The zero-order valence-corrected chi connectivity index (χ0v) is 13.1. The Morgan fingerprint density at radius 3 is 2.89 bits per heavy atom. The van der Waals surface area contributed by atoms with Gasteiger partial charge in [0.05, 0.1) is 17.2 Å². The van der Waals surface area contributed by atoms with Crippen molar-refractivity contribution in [2.24, 2.45) is 0 Å². The van der Waals surface area contributed by atoms with Gasteiger partial charge in [-0.05, 0) is 45.6 Å². The molecule has 0 aromatic carbocycles. The van der Waals surface area contributed by atoms with Crippen LogP contribution in [0, 0.1) is 6.92 Å². The Morgan fingerprint density at radius 1 is 1.32 bits per heavy atom. The highest BCUT2D eigenvalue weighted by Gasteiger charge is 2.20. The summed E-state index contributed by atoms with van der Waals surface area (Å²) in [5, 5.41) is 3.73. The molecule has 0 amide bonds. The second kappa shape index (κ2) is 7.81. The van der Waals surface area contributed by atoms with Gasteiger partial charge in [-0.25, -0.2) is 4.98 Å². The van der Waals surface area contributed by atoms with Crippen molar-refractivity contribution < 1.29 is 0 Å². The van der Waals surface area contributed by atoms with Crippen molar-refractivity contribution in [1.82, 2.24) is 10.3 Å². The second-order valence-electron chi connectivity index (χ2n) is 5.42. The molecule has 0 saturated carbocycles. The van der Waals surface area contributed by atoms with Crippen LogP contribution in [0.15, 0.2) is 17.2 Å². The van der Waals surface area contributed by atoms with E-state index in [0.717, 1.165) is 6.54 Å². The van der Waals surface area contributed by atoms with E-state index in [1.807, 2.05) is 5.51 Å². The SMILES string of the molecule is CCCNC(C1=CCCCCCC1)c1scnc1C. The summed E-state index contributed by atoms with van der Waals surface area (Å²) in [6.45, 7) is 5.45. The molecular weight excluding hydrogens is 252 g/mol. The van der Waals surface area contributed by atoms with E-state index >= 15 is 0 Å². The zero-order valence-electron chi connectivity index (χ0n) is 12.2. The van der Waals surface area contributed by atoms with Gasteiger partial charge in [0, 0.05) is 4.88 Å². The van der Waals surface area contributed by atoms with Crippen LogP contribution < -0.4 is 5.32 Å². The molecule has 19 heavy (non-hydrogen) atoms. The Kier molecular flexibility index (Phi) is 6.05. The van der Waals surface area contributed by atoms with Gasteiger partial charge in [-0.1, -0.05) is 31.4 Å². The van der Waals surface area contributed by atoms with Crippen molar-refractivity contribution >= 4 is 11.3 Å². The maximum absolute atomic E-state index is 4.43. The van der Waals surface area contributed by atoms with Crippen molar-refractivity contribution in [3.8, 4) is 0 Å². The molecule has 0 spiro atoms. The lowest BCUT2D eigenvalue weighted by atomic mass is 9.93. The number of aromatic nitrogens is 1. The normalized spacial score (nSPS) is 18.5. The van der Waals surface area contributed by atoms with Gasteiger partial charge in [0.15, 0.2) is 0 Å². The highest BCUT2D eigenvalue weighted by atomic mass is 32.1. The molecule has 3 heteroatoms. The number of aryl methyl sites for hydroxylation is 1. The number of nitrogens with zero attached hydrogens (tertiary/aromatic N) is 1. The van der Waals surface area contributed by atoms with Crippen molar-refractivity contribution in [1.29, 1.82) is 0 Å². The number of hydrogen-bond donors (Lipinski definition) is 1. The van der Waals surface area contributed by atoms with Crippen molar-refractivity contribution in [3.63, 3.8) is 0 Å². The van der Waals surface area contributed by atoms with E-state index in [4.69, 9.17) is 0 Å².